The molecular formula is C30H25ClN2O4S. The minimum Gasteiger partial charge on any atom is -0.507 e. The number of thiazole rings is 1. The third-order valence-corrected chi connectivity index (χ3v) is 8.33. The largest absolute Gasteiger partial charge is 0.507 e. The van der Waals surface area contributed by atoms with Gasteiger partial charge in [0.15, 0.2) is 5.13 Å². The Kier molecular flexibility index (Phi) is 6.00. The van der Waals surface area contributed by atoms with Crippen molar-refractivity contribution in [2.24, 2.45) is 0 Å². The van der Waals surface area contributed by atoms with Crippen LogP contribution in [0, 0.1) is 0 Å². The Morgan fingerprint density at radius 3 is 2.61 bits per heavy atom. The second-order valence-electron chi connectivity index (χ2n) is 10.1. The minimum absolute atomic E-state index is 0.0384. The number of ketones is 1. The number of amides is 1. The van der Waals surface area contributed by atoms with Crippen LogP contribution >= 0.6 is 22.9 Å². The van der Waals surface area contributed by atoms with Gasteiger partial charge in [0.05, 0.1) is 21.8 Å². The molecule has 6 nitrogen and oxygen atoms in total. The van der Waals surface area contributed by atoms with Crippen LogP contribution in [-0.4, -0.2) is 27.9 Å². The average Bonchev–Trinajstić information content (AvgIpc) is 3.55. The lowest BCUT2D eigenvalue weighted by molar-refractivity contribution is -0.132. The van der Waals surface area contributed by atoms with Crippen molar-refractivity contribution in [3.05, 3.63) is 93.5 Å². The van der Waals surface area contributed by atoms with Gasteiger partial charge < -0.3 is 9.84 Å². The van der Waals surface area contributed by atoms with E-state index in [0.717, 1.165) is 21.6 Å². The maximum absolute atomic E-state index is 13.5. The van der Waals surface area contributed by atoms with Crippen LogP contribution in [0.4, 0.5) is 5.13 Å². The number of anilines is 1. The summed E-state index contributed by atoms with van der Waals surface area (Å²) in [6, 6.07) is 17.6. The lowest BCUT2D eigenvalue weighted by atomic mass is 9.93. The quantitative estimate of drug-likeness (QED) is 0.170. The van der Waals surface area contributed by atoms with E-state index in [2.05, 4.69) is 18.8 Å². The second kappa shape index (κ2) is 9.26. The van der Waals surface area contributed by atoms with Gasteiger partial charge in [-0.25, -0.2) is 4.98 Å². The number of aliphatic hydroxyl groups is 1. The fraction of sp³-hybridized carbons (Fsp3) is 0.233. The van der Waals surface area contributed by atoms with Gasteiger partial charge in [-0.15, -0.1) is 0 Å². The number of rotatable bonds is 4. The van der Waals surface area contributed by atoms with Crippen molar-refractivity contribution in [2.75, 3.05) is 4.90 Å². The number of hydrogen-bond donors (Lipinski definition) is 1. The van der Waals surface area contributed by atoms with E-state index >= 15 is 0 Å². The molecule has 0 saturated carbocycles. The topological polar surface area (TPSA) is 79.7 Å². The van der Waals surface area contributed by atoms with Gasteiger partial charge in [-0.1, -0.05) is 61.1 Å². The normalized spacial score (nSPS) is 20.4. The van der Waals surface area contributed by atoms with Gasteiger partial charge in [0.2, 0.25) is 0 Å². The van der Waals surface area contributed by atoms with Crippen LogP contribution in [0.25, 0.3) is 16.0 Å². The summed E-state index contributed by atoms with van der Waals surface area (Å²) in [4.78, 5) is 33.1. The molecule has 1 amide bonds. The van der Waals surface area contributed by atoms with Crippen LogP contribution < -0.4 is 9.64 Å². The van der Waals surface area contributed by atoms with Crippen LogP contribution in [0.5, 0.6) is 5.75 Å². The minimum atomic E-state index is -0.837. The summed E-state index contributed by atoms with van der Waals surface area (Å²) in [7, 11) is 0. The van der Waals surface area contributed by atoms with Gasteiger partial charge in [-0.3, -0.25) is 14.5 Å². The van der Waals surface area contributed by atoms with Gasteiger partial charge in [0.1, 0.15) is 17.6 Å². The zero-order chi connectivity index (χ0) is 26.7. The predicted octanol–water partition coefficient (Wildman–Crippen LogP) is 7.02. The van der Waals surface area contributed by atoms with E-state index in [4.69, 9.17) is 16.3 Å². The summed E-state index contributed by atoms with van der Waals surface area (Å²) in [5.74, 6) is -0.602. The number of carbonyl (C=O) groups is 2. The van der Waals surface area contributed by atoms with Crippen LogP contribution in [0.15, 0.2) is 66.2 Å². The molecule has 1 fully saturated rings. The molecule has 1 saturated heterocycles. The highest BCUT2D eigenvalue weighted by Gasteiger charge is 2.48. The molecule has 1 N–H and O–H groups in total. The van der Waals surface area contributed by atoms with Crippen molar-refractivity contribution in [3.63, 3.8) is 0 Å². The Morgan fingerprint density at radius 2 is 1.87 bits per heavy atom. The van der Waals surface area contributed by atoms with Crippen molar-refractivity contribution < 1.29 is 19.4 Å². The maximum Gasteiger partial charge on any atom is 0.301 e. The number of ether oxygens (including phenoxy) is 1. The molecule has 1 aromatic heterocycles. The van der Waals surface area contributed by atoms with E-state index in [-0.39, 0.29) is 17.4 Å². The Bertz CT molecular complexity index is 1640. The van der Waals surface area contributed by atoms with Crippen molar-refractivity contribution in [3.8, 4) is 5.75 Å². The van der Waals surface area contributed by atoms with Crippen molar-refractivity contribution >= 4 is 55.7 Å². The van der Waals surface area contributed by atoms with E-state index in [1.807, 2.05) is 37.3 Å². The maximum atomic E-state index is 13.5. The van der Waals surface area contributed by atoms with Crippen LogP contribution in [0.3, 0.4) is 0 Å². The zero-order valence-electron chi connectivity index (χ0n) is 21.1. The van der Waals surface area contributed by atoms with Gasteiger partial charge in [-0.2, -0.15) is 0 Å². The monoisotopic (exact) mass is 544 g/mol. The number of Topliss-reactive ketones (excluding diaryl/α,β-unsaturated/α-hetero) is 1. The SMILES string of the molecule is CC1Cc2cc(/C(O)=C3/C(=O)C(=O)N(c4nc5ccc(Cl)cc5s4)C3c3ccc(C(C)C)cc3)ccc2O1. The molecule has 2 unspecified atom stereocenters. The van der Waals surface area contributed by atoms with Gasteiger partial charge in [-0.05, 0) is 65.9 Å². The fourth-order valence-corrected chi connectivity index (χ4v) is 6.39. The molecule has 6 rings (SSSR count). The number of aliphatic hydroxyl groups excluding tert-OH is 1. The molecular weight excluding hydrogens is 520 g/mol. The fourth-order valence-electron chi connectivity index (χ4n) is 5.12. The Morgan fingerprint density at radius 1 is 1.11 bits per heavy atom. The summed E-state index contributed by atoms with van der Waals surface area (Å²) in [5, 5.41) is 12.5. The van der Waals surface area contributed by atoms with Gasteiger partial charge in [0, 0.05) is 17.0 Å². The first-order chi connectivity index (χ1) is 18.2. The standard InChI is InChI=1S/C30H25ClN2O4S/c1-15(2)17-4-6-18(7-5-17)26-25(27(34)19-8-11-23-20(13-19)12-16(3)37-23)28(35)29(36)33(26)30-32-22-10-9-21(31)14-24(22)38-30/h4-11,13-16,26,34H,12H2,1-3H3/b27-25-. The van der Waals surface area contributed by atoms with Crippen molar-refractivity contribution in [2.45, 2.75) is 45.3 Å². The zero-order valence-corrected chi connectivity index (χ0v) is 22.6. The summed E-state index contributed by atoms with van der Waals surface area (Å²) in [5.41, 5.74) is 3.99. The molecule has 8 heteroatoms. The number of carbonyl (C=O) groups excluding carboxylic acids is 2. The van der Waals surface area contributed by atoms with E-state index in [9.17, 15) is 14.7 Å². The molecule has 2 aliphatic heterocycles. The number of fused-ring (bicyclic) bond motifs is 2. The second-order valence-corrected chi connectivity index (χ2v) is 11.5. The molecule has 192 valence electrons. The molecule has 0 bridgehead atoms. The Hall–Kier alpha value is -3.68. The van der Waals surface area contributed by atoms with E-state index in [0.29, 0.717) is 39.1 Å². The molecule has 2 aliphatic rings. The first-order valence-electron chi connectivity index (χ1n) is 12.5. The number of benzene rings is 3. The molecule has 38 heavy (non-hydrogen) atoms. The van der Waals surface area contributed by atoms with Crippen LogP contribution in [-0.2, 0) is 16.0 Å². The first-order valence-corrected chi connectivity index (χ1v) is 13.7. The highest BCUT2D eigenvalue weighted by atomic mass is 35.5. The van der Waals surface area contributed by atoms with Crippen LogP contribution in [0.2, 0.25) is 5.02 Å². The van der Waals surface area contributed by atoms with Crippen molar-refractivity contribution in [1.82, 2.24) is 4.98 Å². The molecule has 0 spiro atoms. The molecule has 3 aromatic carbocycles. The van der Waals surface area contributed by atoms with E-state index in [1.165, 1.54) is 16.2 Å². The number of hydrogen-bond acceptors (Lipinski definition) is 6. The lowest BCUT2D eigenvalue weighted by Gasteiger charge is -2.23. The van der Waals surface area contributed by atoms with Gasteiger partial charge >= 0.3 is 5.91 Å². The summed E-state index contributed by atoms with van der Waals surface area (Å²) in [6.45, 7) is 6.19. The molecule has 0 radical (unpaired) electrons. The number of aromatic nitrogens is 1. The third-order valence-electron chi connectivity index (χ3n) is 7.08. The van der Waals surface area contributed by atoms with E-state index < -0.39 is 17.7 Å². The summed E-state index contributed by atoms with van der Waals surface area (Å²) >= 11 is 7.46. The summed E-state index contributed by atoms with van der Waals surface area (Å²) in [6.07, 6.45) is 0.749. The van der Waals surface area contributed by atoms with E-state index in [1.54, 1.807) is 30.3 Å². The third kappa shape index (κ3) is 4.06. The summed E-state index contributed by atoms with van der Waals surface area (Å²) < 4.78 is 6.60. The Labute approximate surface area is 229 Å². The molecule has 3 heterocycles. The predicted molar refractivity (Wildman–Crippen MR) is 150 cm³/mol. The lowest BCUT2D eigenvalue weighted by Crippen LogP contribution is -2.29. The first kappa shape index (κ1) is 24.6. The molecule has 2 atom stereocenters. The smallest absolute Gasteiger partial charge is 0.301 e. The Balaban J connectivity index is 1.53. The molecule has 0 aliphatic carbocycles. The van der Waals surface area contributed by atoms with Gasteiger partial charge in [0.25, 0.3) is 5.78 Å². The number of halogens is 1. The molecule has 4 aromatic rings. The van der Waals surface area contributed by atoms with Crippen LogP contribution in [0.1, 0.15) is 55.0 Å². The average molecular weight is 545 g/mol. The highest BCUT2D eigenvalue weighted by Crippen LogP contribution is 2.45. The number of nitrogens with zero attached hydrogens (tertiary/aromatic N) is 2. The highest BCUT2D eigenvalue weighted by molar-refractivity contribution is 7.22. The van der Waals surface area contributed by atoms with Crippen molar-refractivity contribution in [1.29, 1.82) is 0 Å².